The van der Waals surface area contributed by atoms with Gasteiger partial charge in [-0.05, 0) is 0 Å². The van der Waals surface area contributed by atoms with Crippen LogP contribution in [0.4, 0.5) is 0 Å². The highest BCUT2D eigenvalue weighted by Crippen LogP contribution is 1.92. The molecule has 0 amide bonds. The molecule has 6 nitrogen and oxygen atoms in total. The van der Waals surface area contributed by atoms with Crippen molar-refractivity contribution >= 4 is 29.3 Å². The van der Waals surface area contributed by atoms with Crippen LogP contribution in [0.5, 0.6) is 0 Å². The van der Waals surface area contributed by atoms with Gasteiger partial charge in [-0.1, -0.05) is 0 Å². The third kappa shape index (κ3) is 3.95. The van der Waals surface area contributed by atoms with Gasteiger partial charge >= 0.3 is 11.9 Å². The summed E-state index contributed by atoms with van der Waals surface area (Å²) in [6.07, 6.45) is -4.53. The van der Waals surface area contributed by atoms with E-state index in [0.29, 0.717) is 0 Å². The van der Waals surface area contributed by atoms with Crippen LogP contribution in [-0.4, -0.2) is 61.9 Å². The molecular formula is C4H6AlO6. The predicted octanol–water partition coefficient (Wildman–Crippen LogP) is -2.50. The fourth-order valence-electron chi connectivity index (χ4n) is 0.270. The molecule has 0 aromatic rings. The van der Waals surface area contributed by atoms with Gasteiger partial charge in [-0.3, -0.25) is 0 Å². The van der Waals surface area contributed by atoms with E-state index in [1.54, 1.807) is 0 Å². The highest BCUT2D eigenvalue weighted by molar-refractivity contribution is 5.83. The Bertz CT molecular complexity index is 139. The van der Waals surface area contributed by atoms with E-state index < -0.39 is 24.1 Å². The number of carboxylic acid groups (broad SMARTS) is 2. The minimum Gasteiger partial charge on any atom is -0.479 e. The van der Waals surface area contributed by atoms with Crippen LogP contribution in [0, 0.1) is 0 Å². The molecule has 0 aliphatic heterocycles. The lowest BCUT2D eigenvalue weighted by Crippen LogP contribution is -2.39. The van der Waals surface area contributed by atoms with E-state index in [1.807, 2.05) is 0 Å². The van der Waals surface area contributed by atoms with Gasteiger partial charge < -0.3 is 20.4 Å². The fourth-order valence-corrected chi connectivity index (χ4v) is 0.270. The summed E-state index contributed by atoms with van der Waals surface area (Å²) in [5.74, 6) is -3.54. The maximum atomic E-state index is 9.77. The van der Waals surface area contributed by atoms with Crippen molar-refractivity contribution in [2.24, 2.45) is 0 Å². The van der Waals surface area contributed by atoms with E-state index in [9.17, 15) is 9.59 Å². The second-order valence-electron chi connectivity index (χ2n) is 1.57. The van der Waals surface area contributed by atoms with Crippen LogP contribution in [0.25, 0.3) is 0 Å². The monoisotopic (exact) mass is 177 g/mol. The zero-order valence-corrected chi connectivity index (χ0v) is 6.49. The molecule has 7 heteroatoms. The number of hydrogen-bond acceptors (Lipinski definition) is 4. The second-order valence-corrected chi connectivity index (χ2v) is 1.57. The Balaban J connectivity index is 0. The maximum absolute atomic E-state index is 9.77. The molecule has 4 N–H and O–H groups in total. The summed E-state index contributed by atoms with van der Waals surface area (Å²) in [6, 6.07) is 0. The first-order valence-corrected chi connectivity index (χ1v) is 2.28. The predicted molar refractivity (Wildman–Crippen MR) is 33.0 cm³/mol. The van der Waals surface area contributed by atoms with Gasteiger partial charge in [0.15, 0.2) is 12.2 Å². The lowest BCUT2D eigenvalue weighted by molar-refractivity contribution is -0.165. The zero-order chi connectivity index (χ0) is 8.31. The summed E-state index contributed by atoms with van der Waals surface area (Å²) in [7, 11) is 0. The van der Waals surface area contributed by atoms with E-state index in [4.69, 9.17) is 20.4 Å². The van der Waals surface area contributed by atoms with Crippen LogP contribution in [0.2, 0.25) is 0 Å². The van der Waals surface area contributed by atoms with E-state index in [2.05, 4.69) is 0 Å². The molecule has 0 fully saturated rings. The van der Waals surface area contributed by atoms with Crippen molar-refractivity contribution in [2.45, 2.75) is 12.2 Å². The Morgan fingerprint density at radius 1 is 0.909 bits per heavy atom. The van der Waals surface area contributed by atoms with Crippen molar-refractivity contribution in [1.82, 2.24) is 0 Å². The Kier molecular flexibility index (Phi) is 6.03. The molecule has 3 radical (unpaired) electrons. The zero-order valence-electron chi connectivity index (χ0n) is 5.34. The van der Waals surface area contributed by atoms with E-state index in [-0.39, 0.29) is 17.4 Å². The van der Waals surface area contributed by atoms with Crippen molar-refractivity contribution in [3.8, 4) is 0 Å². The highest BCUT2D eigenvalue weighted by atomic mass is 27.0. The average molecular weight is 177 g/mol. The third-order valence-electron chi connectivity index (χ3n) is 0.805. The van der Waals surface area contributed by atoms with Gasteiger partial charge in [-0.25, -0.2) is 9.59 Å². The maximum Gasteiger partial charge on any atom is 0.335 e. The molecule has 0 saturated carbocycles. The van der Waals surface area contributed by atoms with Crippen molar-refractivity contribution in [3.63, 3.8) is 0 Å². The van der Waals surface area contributed by atoms with Gasteiger partial charge in [0, 0.05) is 17.4 Å². The van der Waals surface area contributed by atoms with Gasteiger partial charge in [-0.15, -0.1) is 0 Å². The number of carboxylic acids is 2. The summed E-state index contributed by atoms with van der Waals surface area (Å²) in [5, 5.41) is 32.5. The molecule has 2 atom stereocenters. The Morgan fingerprint density at radius 3 is 1.18 bits per heavy atom. The first-order chi connectivity index (χ1) is 4.46. The molecule has 11 heavy (non-hydrogen) atoms. The minimum absolute atomic E-state index is 0. The van der Waals surface area contributed by atoms with Gasteiger partial charge in [0.05, 0.1) is 0 Å². The number of rotatable bonds is 3. The first kappa shape index (κ1) is 13.0. The van der Waals surface area contributed by atoms with E-state index in [1.165, 1.54) is 0 Å². The van der Waals surface area contributed by atoms with Gasteiger partial charge in [-0.2, -0.15) is 0 Å². The van der Waals surface area contributed by atoms with Gasteiger partial charge in [0.1, 0.15) is 0 Å². The molecule has 61 valence electrons. The van der Waals surface area contributed by atoms with Crippen molar-refractivity contribution in [2.75, 3.05) is 0 Å². The Labute approximate surface area is 72.2 Å². The van der Waals surface area contributed by atoms with Crippen LogP contribution in [0.3, 0.4) is 0 Å². The molecule has 0 heterocycles. The molecule has 0 saturated heterocycles. The lowest BCUT2D eigenvalue weighted by Gasteiger charge is -2.07. The smallest absolute Gasteiger partial charge is 0.335 e. The summed E-state index contributed by atoms with van der Waals surface area (Å²) in [4.78, 5) is 19.5. The SMILES string of the molecule is O=C(O)[C@H](O)[C@@H](O)C(=O)O.[Al]. The number of aliphatic hydroxyl groups is 2. The largest absolute Gasteiger partial charge is 0.479 e. The van der Waals surface area contributed by atoms with Crippen LogP contribution < -0.4 is 0 Å². The van der Waals surface area contributed by atoms with Crippen LogP contribution in [0.1, 0.15) is 0 Å². The van der Waals surface area contributed by atoms with Gasteiger partial charge in [0.2, 0.25) is 0 Å². The minimum atomic E-state index is -2.27. The number of carbonyl (C=O) groups is 2. The van der Waals surface area contributed by atoms with E-state index >= 15 is 0 Å². The fraction of sp³-hybridized carbons (Fsp3) is 0.500. The average Bonchev–Trinajstić information content (AvgIpc) is 1.84. The Morgan fingerprint density at radius 2 is 1.09 bits per heavy atom. The highest BCUT2D eigenvalue weighted by Gasteiger charge is 2.29. The van der Waals surface area contributed by atoms with Crippen molar-refractivity contribution < 1.29 is 30.0 Å². The summed E-state index contributed by atoms with van der Waals surface area (Å²) in [5.41, 5.74) is 0. The molecule has 0 aliphatic rings. The molecule has 0 unspecified atom stereocenters. The number of aliphatic carboxylic acids is 2. The Hall–Kier alpha value is -0.608. The van der Waals surface area contributed by atoms with E-state index in [0.717, 1.165) is 0 Å². The van der Waals surface area contributed by atoms with Crippen molar-refractivity contribution in [1.29, 1.82) is 0 Å². The molecule has 0 bridgehead atoms. The quantitative estimate of drug-likeness (QED) is 0.354. The summed E-state index contributed by atoms with van der Waals surface area (Å²) in [6.45, 7) is 0. The van der Waals surface area contributed by atoms with Crippen LogP contribution in [-0.2, 0) is 9.59 Å². The second kappa shape index (κ2) is 5.10. The van der Waals surface area contributed by atoms with Crippen LogP contribution in [0.15, 0.2) is 0 Å². The molecule has 0 aliphatic carbocycles. The third-order valence-corrected chi connectivity index (χ3v) is 0.805. The lowest BCUT2D eigenvalue weighted by atomic mass is 10.2. The summed E-state index contributed by atoms with van der Waals surface area (Å²) >= 11 is 0. The molecule has 0 spiro atoms. The first-order valence-electron chi connectivity index (χ1n) is 2.28. The van der Waals surface area contributed by atoms with Gasteiger partial charge in [0.25, 0.3) is 0 Å². The molecular weight excluding hydrogens is 171 g/mol. The number of aliphatic hydroxyl groups excluding tert-OH is 2. The number of hydrogen-bond donors (Lipinski definition) is 4. The standard InChI is InChI=1S/C4H6O6.Al/c5-1(3(7)8)2(6)4(9)10;/h1-2,5-6H,(H,7,8)(H,9,10);/t1-,2-;/m1./s1. The topological polar surface area (TPSA) is 115 Å². The van der Waals surface area contributed by atoms with Crippen LogP contribution >= 0.6 is 0 Å². The molecule has 0 aromatic heterocycles. The van der Waals surface area contributed by atoms with Crippen molar-refractivity contribution in [3.05, 3.63) is 0 Å². The molecule has 0 aromatic carbocycles. The normalized spacial score (nSPS) is 14.4. The summed E-state index contributed by atoms with van der Waals surface area (Å²) < 4.78 is 0. The molecule has 0 rings (SSSR count).